The van der Waals surface area contributed by atoms with Gasteiger partial charge < -0.3 is 20.1 Å². The first-order valence-electron chi connectivity index (χ1n) is 11.5. The fraction of sp³-hybridized carbons (Fsp3) is 0.296. The number of pyridine rings is 1. The quantitative estimate of drug-likeness (QED) is 0.223. The van der Waals surface area contributed by atoms with Crippen molar-refractivity contribution >= 4 is 39.7 Å². The Hall–Kier alpha value is -2.38. The summed E-state index contributed by atoms with van der Waals surface area (Å²) in [6.07, 6.45) is 8.58. The fourth-order valence-electron chi connectivity index (χ4n) is 3.52. The van der Waals surface area contributed by atoms with Gasteiger partial charge in [-0.2, -0.15) is 0 Å². The van der Waals surface area contributed by atoms with Gasteiger partial charge in [-0.25, -0.2) is 0 Å². The van der Waals surface area contributed by atoms with E-state index in [1.807, 2.05) is 60.7 Å². The van der Waals surface area contributed by atoms with E-state index in [-0.39, 0.29) is 0 Å². The summed E-state index contributed by atoms with van der Waals surface area (Å²) in [7, 11) is 0. The molecule has 7 heteroatoms. The highest BCUT2D eigenvalue weighted by Gasteiger charge is 2.15. The Labute approximate surface area is 214 Å². The van der Waals surface area contributed by atoms with Crippen LogP contribution in [0.1, 0.15) is 23.1 Å². The Balaban J connectivity index is 1.40. The van der Waals surface area contributed by atoms with Crippen LogP contribution in [0.25, 0.3) is 12.2 Å². The zero-order chi connectivity index (χ0) is 23.6. The second kappa shape index (κ2) is 12.9. The topological polar surface area (TPSA) is 55.4 Å². The number of nitrogens with one attached hydrogen (secondary N) is 2. The number of ether oxygens (including phenoxy) is 2. The third-order valence-corrected chi connectivity index (χ3v) is 6.52. The van der Waals surface area contributed by atoms with Crippen molar-refractivity contribution in [3.63, 3.8) is 0 Å². The summed E-state index contributed by atoms with van der Waals surface area (Å²) in [5, 5.41) is 7.51. The molecule has 1 aromatic heterocycles. The van der Waals surface area contributed by atoms with Crippen molar-refractivity contribution in [3.05, 3.63) is 87.1 Å². The summed E-state index contributed by atoms with van der Waals surface area (Å²) in [5.74, 6) is 2.39. The van der Waals surface area contributed by atoms with Crippen LogP contribution in [0, 0.1) is 5.92 Å². The van der Waals surface area contributed by atoms with E-state index in [0.717, 1.165) is 71.2 Å². The number of aromatic nitrogens is 1. The number of nitrogens with zero attached hydrogens (tertiary/aromatic N) is 1. The number of rotatable bonds is 12. The predicted molar refractivity (Wildman–Crippen MR) is 142 cm³/mol. The van der Waals surface area contributed by atoms with Crippen molar-refractivity contribution in [1.82, 2.24) is 15.6 Å². The standard InChI is InChI=1S/C27H29BrClN3O2/c28-26-15-24(29)5-4-22(26)2-3-23-14-25(34-19-20-8-11-30-12-9-20)6-7-27(23)33-13-1-10-31-16-21-17-32-18-21/h2-9,11-12,14-15,21,31-32H,1,10,13,16-19H2/b3-2+. The summed E-state index contributed by atoms with van der Waals surface area (Å²) in [4.78, 5) is 4.05. The molecule has 2 heterocycles. The van der Waals surface area contributed by atoms with Crippen LogP contribution in [0.5, 0.6) is 11.5 Å². The van der Waals surface area contributed by atoms with Crippen LogP contribution in [0.3, 0.4) is 0 Å². The molecule has 0 amide bonds. The molecule has 0 radical (unpaired) electrons. The Bertz CT molecular complexity index is 1090. The van der Waals surface area contributed by atoms with Crippen LogP contribution < -0.4 is 20.1 Å². The number of benzene rings is 2. The predicted octanol–water partition coefficient (Wildman–Crippen LogP) is 5.82. The maximum atomic E-state index is 6.14. The third-order valence-electron chi connectivity index (χ3n) is 5.60. The summed E-state index contributed by atoms with van der Waals surface area (Å²) in [6.45, 7) is 5.40. The van der Waals surface area contributed by atoms with Crippen molar-refractivity contribution in [2.45, 2.75) is 13.0 Å². The van der Waals surface area contributed by atoms with Crippen molar-refractivity contribution in [2.75, 3.05) is 32.8 Å². The van der Waals surface area contributed by atoms with Gasteiger partial charge in [-0.1, -0.05) is 45.7 Å². The molecular formula is C27H29BrClN3O2. The molecule has 1 fully saturated rings. The second-order valence-corrected chi connectivity index (χ2v) is 9.56. The molecule has 0 bridgehead atoms. The van der Waals surface area contributed by atoms with Crippen molar-refractivity contribution in [1.29, 1.82) is 0 Å². The minimum absolute atomic E-state index is 0.483. The third kappa shape index (κ3) is 7.57. The van der Waals surface area contributed by atoms with Crippen molar-refractivity contribution in [3.8, 4) is 11.5 Å². The first-order chi connectivity index (χ1) is 16.7. The number of hydrogen-bond acceptors (Lipinski definition) is 5. The molecule has 5 nitrogen and oxygen atoms in total. The average molecular weight is 543 g/mol. The lowest BCUT2D eigenvalue weighted by Crippen LogP contribution is -2.47. The van der Waals surface area contributed by atoms with Crippen LogP contribution in [0.4, 0.5) is 0 Å². The molecule has 3 aromatic rings. The maximum absolute atomic E-state index is 6.14. The molecular weight excluding hydrogens is 514 g/mol. The van der Waals surface area contributed by atoms with Gasteiger partial charge in [-0.3, -0.25) is 4.98 Å². The first kappa shape index (κ1) is 24.7. The zero-order valence-electron chi connectivity index (χ0n) is 19.0. The van der Waals surface area contributed by atoms with Crippen LogP contribution in [-0.4, -0.2) is 37.8 Å². The van der Waals surface area contributed by atoms with Gasteiger partial charge in [-0.15, -0.1) is 0 Å². The van der Waals surface area contributed by atoms with Gasteiger partial charge >= 0.3 is 0 Å². The summed E-state index contributed by atoms with van der Waals surface area (Å²) in [5.41, 5.74) is 3.07. The lowest BCUT2D eigenvalue weighted by atomic mass is 10.0. The summed E-state index contributed by atoms with van der Waals surface area (Å²) < 4.78 is 13.1. The summed E-state index contributed by atoms with van der Waals surface area (Å²) in [6, 6.07) is 15.6. The Kier molecular flexibility index (Phi) is 9.39. The molecule has 2 N–H and O–H groups in total. The van der Waals surface area contributed by atoms with Gasteiger partial charge in [0.2, 0.25) is 0 Å². The Morgan fingerprint density at radius 3 is 2.62 bits per heavy atom. The summed E-state index contributed by atoms with van der Waals surface area (Å²) >= 11 is 9.67. The van der Waals surface area contributed by atoms with E-state index in [1.165, 1.54) is 0 Å². The highest BCUT2D eigenvalue weighted by atomic mass is 79.9. The minimum Gasteiger partial charge on any atom is -0.493 e. The highest BCUT2D eigenvalue weighted by Crippen LogP contribution is 2.29. The SMILES string of the molecule is Clc1ccc(/C=C/c2cc(OCc3ccncc3)ccc2OCCCNCC2CNC2)c(Br)c1. The maximum Gasteiger partial charge on any atom is 0.126 e. The van der Waals surface area contributed by atoms with E-state index in [1.54, 1.807) is 12.4 Å². The number of hydrogen-bond donors (Lipinski definition) is 2. The van der Waals surface area contributed by atoms with E-state index >= 15 is 0 Å². The molecule has 0 atom stereocenters. The monoisotopic (exact) mass is 541 g/mol. The first-order valence-corrected chi connectivity index (χ1v) is 12.7. The van der Waals surface area contributed by atoms with Crippen LogP contribution in [0.2, 0.25) is 5.02 Å². The Morgan fingerprint density at radius 1 is 1.03 bits per heavy atom. The van der Waals surface area contributed by atoms with E-state index in [2.05, 4.69) is 31.5 Å². The lowest BCUT2D eigenvalue weighted by molar-refractivity contribution is 0.292. The molecule has 0 aliphatic carbocycles. The van der Waals surface area contributed by atoms with E-state index in [0.29, 0.717) is 18.2 Å². The van der Waals surface area contributed by atoms with Gasteiger partial charge in [0.15, 0.2) is 0 Å². The van der Waals surface area contributed by atoms with Gasteiger partial charge in [0.05, 0.1) is 6.61 Å². The normalized spacial score (nSPS) is 13.7. The largest absolute Gasteiger partial charge is 0.493 e. The van der Waals surface area contributed by atoms with Crippen molar-refractivity contribution < 1.29 is 9.47 Å². The number of halogens is 2. The molecule has 178 valence electrons. The minimum atomic E-state index is 0.483. The molecule has 1 saturated heterocycles. The Morgan fingerprint density at radius 2 is 1.85 bits per heavy atom. The van der Waals surface area contributed by atoms with Gasteiger partial charge in [0.1, 0.15) is 18.1 Å². The fourth-order valence-corrected chi connectivity index (χ4v) is 4.33. The van der Waals surface area contributed by atoms with Crippen LogP contribution >= 0.6 is 27.5 Å². The highest BCUT2D eigenvalue weighted by molar-refractivity contribution is 9.10. The zero-order valence-corrected chi connectivity index (χ0v) is 21.3. The molecule has 2 aromatic carbocycles. The van der Waals surface area contributed by atoms with Gasteiger partial charge in [0, 0.05) is 47.1 Å². The van der Waals surface area contributed by atoms with E-state index in [9.17, 15) is 0 Å². The lowest BCUT2D eigenvalue weighted by Gasteiger charge is -2.27. The smallest absolute Gasteiger partial charge is 0.126 e. The van der Waals surface area contributed by atoms with E-state index < -0.39 is 0 Å². The van der Waals surface area contributed by atoms with Crippen LogP contribution in [-0.2, 0) is 6.61 Å². The van der Waals surface area contributed by atoms with Crippen molar-refractivity contribution in [2.24, 2.45) is 5.92 Å². The average Bonchev–Trinajstić information content (AvgIpc) is 2.82. The van der Waals surface area contributed by atoms with Gasteiger partial charge in [-0.05, 0) is 72.5 Å². The molecule has 34 heavy (non-hydrogen) atoms. The molecule has 1 aliphatic heterocycles. The van der Waals surface area contributed by atoms with E-state index in [4.69, 9.17) is 21.1 Å². The molecule has 4 rings (SSSR count). The second-order valence-electron chi connectivity index (χ2n) is 8.27. The molecule has 0 spiro atoms. The molecule has 0 unspecified atom stereocenters. The molecule has 0 saturated carbocycles. The van der Waals surface area contributed by atoms with Crippen LogP contribution in [0.15, 0.2) is 65.4 Å². The van der Waals surface area contributed by atoms with Gasteiger partial charge in [0.25, 0.3) is 0 Å². The molecule has 1 aliphatic rings.